The maximum atomic E-state index is 12.6. The molecule has 118 valence electrons. The molecule has 0 N–H and O–H groups in total. The van der Waals surface area contributed by atoms with Gasteiger partial charge in [-0.3, -0.25) is 4.79 Å². The summed E-state index contributed by atoms with van der Waals surface area (Å²) < 4.78 is 0. The molecule has 2 aliphatic rings. The number of thioether (sulfide) groups is 1. The second-order valence-electron chi connectivity index (χ2n) is 6.32. The molecule has 2 aromatic carbocycles. The molecule has 0 unspecified atom stereocenters. The largest absolute Gasteiger partial charge is 0.363 e. The van der Waals surface area contributed by atoms with Crippen LogP contribution in [-0.2, 0) is 11.2 Å². The fraction of sp³-hybridized carbons (Fsp3) is 0.350. The lowest BCUT2D eigenvalue weighted by Gasteiger charge is -2.43. The molecule has 0 bridgehead atoms. The van der Waals surface area contributed by atoms with Crippen molar-refractivity contribution < 1.29 is 4.79 Å². The van der Waals surface area contributed by atoms with Crippen LogP contribution in [0, 0.1) is 5.92 Å². The predicted molar refractivity (Wildman–Crippen MR) is 97.1 cm³/mol. The van der Waals surface area contributed by atoms with Gasteiger partial charge >= 0.3 is 0 Å². The number of nitrogens with zero attached hydrogens (tertiary/aromatic N) is 1. The fourth-order valence-corrected chi connectivity index (χ4v) is 5.00. The van der Waals surface area contributed by atoms with Gasteiger partial charge in [0.15, 0.2) is 0 Å². The lowest BCUT2D eigenvalue weighted by Crippen LogP contribution is -2.44. The molecular formula is C20H21NOS. The normalized spacial score (nSPS) is 24.3. The van der Waals surface area contributed by atoms with Gasteiger partial charge in [-0.25, -0.2) is 0 Å². The molecule has 0 spiro atoms. The highest BCUT2D eigenvalue weighted by Crippen LogP contribution is 2.41. The number of para-hydroxylation sites is 1. The van der Waals surface area contributed by atoms with E-state index < -0.39 is 0 Å². The van der Waals surface area contributed by atoms with E-state index in [0.717, 1.165) is 30.9 Å². The number of hydrogen-bond acceptors (Lipinski definition) is 3. The highest BCUT2D eigenvalue weighted by atomic mass is 32.2. The first-order chi connectivity index (χ1) is 11.3. The van der Waals surface area contributed by atoms with Crippen molar-refractivity contribution in [1.29, 1.82) is 0 Å². The van der Waals surface area contributed by atoms with E-state index in [-0.39, 0.29) is 12.0 Å². The molecule has 2 nitrogen and oxygen atoms in total. The smallest absolute Gasteiger partial charge is 0.140 e. The number of anilines is 1. The number of carbonyl (C=O) groups excluding carboxylic acids is 1. The van der Waals surface area contributed by atoms with E-state index in [1.807, 2.05) is 11.8 Å². The summed E-state index contributed by atoms with van der Waals surface area (Å²) in [6.45, 7) is 0.986. The molecule has 0 saturated carbocycles. The Morgan fingerprint density at radius 1 is 0.957 bits per heavy atom. The number of ketones is 1. The third kappa shape index (κ3) is 2.78. The third-order valence-corrected chi connectivity index (χ3v) is 6.09. The third-order valence-electron chi connectivity index (χ3n) is 5.00. The predicted octanol–water partition coefficient (Wildman–Crippen LogP) is 4.11. The Balaban J connectivity index is 1.78. The highest BCUT2D eigenvalue weighted by molar-refractivity contribution is 7.99. The van der Waals surface area contributed by atoms with E-state index in [0.29, 0.717) is 5.78 Å². The molecule has 0 amide bonds. The summed E-state index contributed by atoms with van der Waals surface area (Å²) in [7, 11) is 0. The molecule has 2 aliphatic heterocycles. The average molecular weight is 323 g/mol. The van der Waals surface area contributed by atoms with E-state index in [1.165, 1.54) is 16.8 Å². The van der Waals surface area contributed by atoms with E-state index >= 15 is 0 Å². The Labute approximate surface area is 141 Å². The minimum atomic E-state index is 0.107. The molecule has 1 fully saturated rings. The molecule has 0 radical (unpaired) electrons. The van der Waals surface area contributed by atoms with E-state index in [1.54, 1.807) is 0 Å². The summed E-state index contributed by atoms with van der Waals surface area (Å²) in [6.07, 6.45) is 1.77. The van der Waals surface area contributed by atoms with Crippen LogP contribution in [0.4, 0.5) is 5.69 Å². The summed E-state index contributed by atoms with van der Waals surface area (Å²) >= 11 is 1.92. The van der Waals surface area contributed by atoms with Crippen molar-refractivity contribution in [3.8, 4) is 0 Å². The van der Waals surface area contributed by atoms with Crippen LogP contribution in [-0.4, -0.2) is 23.8 Å². The first kappa shape index (κ1) is 14.8. The monoisotopic (exact) mass is 323 g/mol. The van der Waals surface area contributed by atoms with E-state index in [9.17, 15) is 4.79 Å². The number of Topliss-reactive ketones (excluding diaryl/α,β-unsaturated/α-hetero) is 1. The first-order valence-corrected chi connectivity index (χ1v) is 9.50. The molecule has 4 rings (SSSR count). The number of fused-ring (bicyclic) bond motifs is 1. The van der Waals surface area contributed by atoms with Gasteiger partial charge in [0.1, 0.15) is 5.78 Å². The van der Waals surface area contributed by atoms with Gasteiger partial charge in [-0.2, -0.15) is 11.8 Å². The summed E-state index contributed by atoms with van der Waals surface area (Å²) in [4.78, 5) is 15.1. The molecule has 1 saturated heterocycles. The highest BCUT2D eigenvalue weighted by Gasteiger charge is 2.38. The van der Waals surface area contributed by atoms with Crippen LogP contribution in [0.5, 0.6) is 0 Å². The molecule has 3 heteroatoms. The lowest BCUT2D eigenvalue weighted by atomic mass is 9.82. The first-order valence-electron chi connectivity index (χ1n) is 8.34. The molecule has 23 heavy (non-hydrogen) atoms. The van der Waals surface area contributed by atoms with E-state index in [4.69, 9.17) is 0 Å². The number of rotatable bonds is 2. The molecule has 0 aliphatic carbocycles. The maximum Gasteiger partial charge on any atom is 0.140 e. The van der Waals surface area contributed by atoms with Gasteiger partial charge in [0.2, 0.25) is 0 Å². The maximum absolute atomic E-state index is 12.6. The standard InChI is InChI=1S/C20H21NOS/c22-19-11-13-23-14-18(19)20-17-9-5-4-6-15(17)10-12-21(20)16-7-2-1-3-8-16/h1-9,18,20H,10-14H2/t18-,20-/m1/s1. The van der Waals surface area contributed by atoms with Crippen LogP contribution in [0.1, 0.15) is 23.6 Å². The molecule has 2 heterocycles. The Kier molecular flexibility index (Phi) is 4.13. The van der Waals surface area contributed by atoms with Crippen molar-refractivity contribution >= 4 is 23.2 Å². The number of hydrogen-bond donors (Lipinski definition) is 0. The molecule has 0 aromatic heterocycles. The van der Waals surface area contributed by atoms with Gasteiger partial charge in [-0.15, -0.1) is 0 Å². The van der Waals surface area contributed by atoms with Crippen molar-refractivity contribution in [3.63, 3.8) is 0 Å². The molecule has 2 aromatic rings. The Morgan fingerprint density at radius 2 is 1.74 bits per heavy atom. The number of carbonyl (C=O) groups is 1. The van der Waals surface area contributed by atoms with Gasteiger partial charge in [-0.1, -0.05) is 42.5 Å². The van der Waals surface area contributed by atoms with Crippen LogP contribution in [0.3, 0.4) is 0 Å². The van der Waals surface area contributed by atoms with Crippen molar-refractivity contribution in [2.75, 3.05) is 23.0 Å². The van der Waals surface area contributed by atoms with Crippen LogP contribution in [0.25, 0.3) is 0 Å². The van der Waals surface area contributed by atoms with Crippen molar-refractivity contribution in [2.24, 2.45) is 5.92 Å². The van der Waals surface area contributed by atoms with Gasteiger partial charge in [0, 0.05) is 30.2 Å². The topological polar surface area (TPSA) is 20.3 Å². The average Bonchev–Trinajstić information content (AvgIpc) is 2.62. The van der Waals surface area contributed by atoms with E-state index in [2.05, 4.69) is 59.5 Å². The van der Waals surface area contributed by atoms with Crippen LogP contribution in [0.15, 0.2) is 54.6 Å². The SMILES string of the molecule is O=C1CCSC[C@H]1[C@H]1c2ccccc2CCN1c1ccccc1. The second kappa shape index (κ2) is 6.40. The van der Waals surface area contributed by atoms with Crippen LogP contribution < -0.4 is 4.90 Å². The molecule has 2 atom stereocenters. The summed E-state index contributed by atoms with van der Waals surface area (Å²) in [5, 5.41) is 0. The zero-order valence-corrected chi connectivity index (χ0v) is 14.0. The fourth-order valence-electron chi connectivity index (χ4n) is 3.87. The number of benzene rings is 2. The zero-order valence-electron chi connectivity index (χ0n) is 13.2. The molecular weight excluding hydrogens is 302 g/mol. The summed E-state index contributed by atoms with van der Waals surface area (Å²) in [5.74, 6) is 2.47. The van der Waals surface area contributed by atoms with Crippen molar-refractivity contribution in [3.05, 3.63) is 65.7 Å². The second-order valence-corrected chi connectivity index (χ2v) is 7.47. The van der Waals surface area contributed by atoms with Crippen LogP contribution in [0.2, 0.25) is 0 Å². The minimum Gasteiger partial charge on any atom is -0.363 e. The summed E-state index contributed by atoms with van der Waals surface area (Å²) in [5.41, 5.74) is 3.99. The van der Waals surface area contributed by atoms with Gasteiger partial charge in [0.05, 0.1) is 12.0 Å². The quantitative estimate of drug-likeness (QED) is 0.829. The lowest BCUT2D eigenvalue weighted by molar-refractivity contribution is -0.122. The Morgan fingerprint density at radius 3 is 2.57 bits per heavy atom. The van der Waals surface area contributed by atoms with Crippen LogP contribution >= 0.6 is 11.8 Å². The zero-order chi connectivity index (χ0) is 15.6. The van der Waals surface area contributed by atoms with Gasteiger partial charge in [0.25, 0.3) is 0 Å². The van der Waals surface area contributed by atoms with Gasteiger partial charge < -0.3 is 4.90 Å². The van der Waals surface area contributed by atoms with Crippen molar-refractivity contribution in [2.45, 2.75) is 18.9 Å². The Bertz CT molecular complexity index is 700. The van der Waals surface area contributed by atoms with Crippen molar-refractivity contribution in [1.82, 2.24) is 0 Å². The summed E-state index contributed by atoms with van der Waals surface area (Å²) in [6, 6.07) is 19.4. The Hall–Kier alpha value is -1.74. The minimum absolute atomic E-state index is 0.107. The van der Waals surface area contributed by atoms with Gasteiger partial charge in [-0.05, 0) is 29.7 Å².